The molecule has 9 aromatic rings. The fourth-order valence-electron chi connectivity index (χ4n) is 7.64. The highest BCUT2D eigenvalue weighted by atomic mass is 14.7. The van der Waals surface area contributed by atoms with Crippen LogP contribution in [0.25, 0.3) is 82.6 Å². The zero-order valence-corrected chi connectivity index (χ0v) is 26.6. The standard InChI is InChI=1S/C46H29N3/c1-3-13-37-29(8-1)16-20-36(39-21-17-30-9-2-4-14-38(30)44(37)39)31-10-5-11-33(26-31)42-23-19-34-27-32(18-22-43(34)49-42)41-28-35-12-6-24-47-45(35)46-40(41)15-7-25-48-46/h1-15,17-28H,16H2. The third kappa shape index (κ3) is 4.55. The van der Waals surface area contributed by atoms with Gasteiger partial charge in [0.1, 0.15) is 0 Å². The van der Waals surface area contributed by atoms with E-state index >= 15 is 0 Å². The molecule has 0 bridgehead atoms. The van der Waals surface area contributed by atoms with Crippen molar-refractivity contribution in [1.29, 1.82) is 0 Å². The number of rotatable bonds is 3. The molecule has 0 fully saturated rings. The first-order valence-corrected chi connectivity index (χ1v) is 16.7. The van der Waals surface area contributed by atoms with E-state index in [1.807, 2.05) is 24.5 Å². The summed E-state index contributed by atoms with van der Waals surface area (Å²) in [6, 6.07) is 52.3. The Labute approximate surface area is 283 Å². The highest BCUT2D eigenvalue weighted by molar-refractivity contribution is 6.11. The summed E-state index contributed by atoms with van der Waals surface area (Å²) in [5.74, 6) is 0. The molecule has 3 heteroatoms. The fraction of sp³-hybridized carbons (Fsp3) is 0.0217. The van der Waals surface area contributed by atoms with Crippen LogP contribution in [0.2, 0.25) is 0 Å². The van der Waals surface area contributed by atoms with E-state index in [0.29, 0.717) is 0 Å². The van der Waals surface area contributed by atoms with Gasteiger partial charge in [0.2, 0.25) is 0 Å². The summed E-state index contributed by atoms with van der Waals surface area (Å²) in [6.45, 7) is 0. The summed E-state index contributed by atoms with van der Waals surface area (Å²) >= 11 is 0. The third-order valence-corrected chi connectivity index (χ3v) is 9.96. The molecular weight excluding hydrogens is 595 g/mol. The Morgan fingerprint density at radius 3 is 2.22 bits per heavy atom. The van der Waals surface area contributed by atoms with Crippen LogP contribution in [-0.4, -0.2) is 15.0 Å². The van der Waals surface area contributed by atoms with Crippen molar-refractivity contribution >= 4 is 49.1 Å². The molecule has 0 saturated carbocycles. The van der Waals surface area contributed by atoms with E-state index in [1.165, 1.54) is 44.2 Å². The van der Waals surface area contributed by atoms with Gasteiger partial charge >= 0.3 is 0 Å². The number of hydrogen-bond acceptors (Lipinski definition) is 3. The lowest BCUT2D eigenvalue weighted by Crippen LogP contribution is -1.94. The van der Waals surface area contributed by atoms with Crippen LogP contribution in [0.15, 0.2) is 164 Å². The molecule has 228 valence electrons. The quantitative estimate of drug-likeness (QED) is 0.184. The van der Waals surface area contributed by atoms with E-state index in [-0.39, 0.29) is 0 Å². The van der Waals surface area contributed by atoms with Gasteiger partial charge in [-0.15, -0.1) is 0 Å². The van der Waals surface area contributed by atoms with Crippen LogP contribution in [0, 0.1) is 0 Å². The third-order valence-electron chi connectivity index (χ3n) is 9.96. The van der Waals surface area contributed by atoms with E-state index in [0.717, 1.165) is 61.5 Å². The number of hydrogen-bond donors (Lipinski definition) is 0. The molecule has 0 saturated heterocycles. The average Bonchev–Trinajstić information content (AvgIpc) is 3.34. The Bertz CT molecular complexity index is 2810. The lowest BCUT2D eigenvalue weighted by molar-refractivity contribution is 1.29. The summed E-state index contributed by atoms with van der Waals surface area (Å²) < 4.78 is 0. The first-order chi connectivity index (χ1) is 24.3. The number of benzene rings is 6. The van der Waals surface area contributed by atoms with E-state index in [2.05, 4.69) is 145 Å². The monoisotopic (exact) mass is 623 g/mol. The Morgan fingerprint density at radius 2 is 1.24 bits per heavy atom. The maximum atomic E-state index is 5.17. The summed E-state index contributed by atoms with van der Waals surface area (Å²) in [7, 11) is 0. The molecule has 0 N–H and O–H groups in total. The van der Waals surface area contributed by atoms with Crippen LogP contribution >= 0.6 is 0 Å². The minimum absolute atomic E-state index is 0.883. The predicted octanol–water partition coefficient (Wildman–Crippen LogP) is 11.5. The van der Waals surface area contributed by atoms with Gasteiger partial charge in [0.25, 0.3) is 0 Å². The largest absolute Gasteiger partial charge is 0.254 e. The van der Waals surface area contributed by atoms with Gasteiger partial charge in [-0.3, -0.25) is 9.97 Å². The van der Waals surface area contributed by atoms with Crippen LogP contribution in [0.5, 0.6) is 0 Å². The maximum Gasteiger partial charge on any atom is 0.0970 e. The van der Waals surface area contributed by atoms with Crippen LogP contribution in [0.4, 0.5) is 0 Å². The molecule has 0 unspecified atom stereocenters. The van der Waals surface area contributed by atoms with Crippen molar-refractivity contribution in [3.05, 3.63) is 181 Å². The molecule has 1 aliphatic carbocycles. The molecule has 6 aromatic carbocycles. The number of allylic oxidation sites excluding steroid dienone is 1. The molecule has 0 atom stereocenters. The highest BCUT2D eigenvalue weighted by Crippen LogP contribution is 2.43. The second-order valence-corrected chi connectivity index (χ2v) is 12.8. The topological polar surface area (TPSA) is 38.7 Å². The predicted molar refractivity (Wildman–Crippen MR) is 203 cm³/mol. The van der Waals surface area contributed by atoms with Crippen molar-refractivity contribution in [2.45, 2.75) is 6.42 Å². The van der Waals surface area contributed by atoms with Gasteiger partial charge in [-0.2, -0.15) is 0 Å². The van der Waals surface area contributed by atoms with Gasteiger partial charge in [-0.05, 0) is 104 Å². The number of pyridine rings is 3. The Hall–Kier alpha value is -6.45. The average molecular weight is 624 g/mol. The number of fused-ring (bicyclic) bond motifs is 9. The summed E-state index contributed by atoms with van der Waals surface area (Å²) in [4.78, 5) is 14.5. The van der Waals surface area contributed by atoms with Crippen molar-refractivity contribution in [3.8, 4) is 33.5 Å². The van der Waals surface area contributed by atoms with Gasteiger partial charge in [0.15, 0.2) is 0 Å². The van der Waals surface area contributed by atoms with Gasteiger partial charge in [-0.1, -0.05) is 109 Å². The highest BCUT2D eigenvalue weighted by Gasteiger charge is 2.20. The second kappa shape index (κ2) is 11.1. The minimum atomic E-state index is 0.883. The van der Waals surface area contributed by atoms with Crippen molar-refractivity contribution in [2.75, 3.05) is 0 Å². The molecule has 3 aromatic heterocycles. The van der Waals surface area contributed by atoms with Gasteiger partial charge in [-0.25, -0.2) is 4.98 Å². The molecule has 3 heterocycles. The van der Waals surface area contributed by atoms with E-state index in [4.69, 9.17) is 9.97 Å². The van der Waals surface area contributed by atoms with E-state index in [1.54, 1.807) is 0 Å². The van der Waals surface area contributed by atoms with Crippen molar-refractivity contribution < 1.29 is 0 Å². The Kier molecular flexibility index (Phi) is 6.25. The first-order valence-electron chi connectivity index (χ1n) is 16.7. The molecule has 10 rings (SSSR count). The van der Waals surface area contributed by atoms with Gasteiger partial charge in [0, 0.05) is 34.1 Å². The second-order valence-electron chi connectivity index (χ2n) is 12.8. The minimum Gasteiger partial charge on any atom is -0.254 e. The summed E-state index contributed by atoms with van der Waals surface area (Å²) in [5.41, 5.74) is 14.9. The lowest BCUT2D eigenvalue weighted by Gasteiger charge is -2.16. The van der Waals surface area contributed by atoms with Crippen LogP contribution in [-0.2, 0) is 6.42 Å². The maximum absolute atomic E-state index is 5.17. The van der Waals surface area contributed by atoms with Crippen LogP contribution in [0.3, 0.4) is 0 Å². The fourth-order valence-corrected chi connectivity index (χ4v) is 7.64. The SMILES string of the molecule is C1=C(c2cccc(-c3ccc4cc(-c5cc6cccnc6c6ncccc56)ccc4n3)c2)c2ccc3ccccc3c2-c2ccccc2C1. The van der Waals surface area contributed by atoms with Crippen molar-refractivity contribution in [1.82, 2.24) is 15.0 Å². The molecule has 1 aliphatic rings. The van der Waals surface area contributed by atoms with Crippen LogP contribution in [0.1, 0.15) is 16.7 Å². The lowest BCUT2D eigenvalue weighted by atomic mass is 9.87. The molecule has 0 amide bonds. The molecule has 0 radical (unpaired) electrons. The normalized spacial score (nSPS) is 12.5. The smallest absolute Gasteiger partial charge is 0.0970 e. The number of nitrogens with zero attached hydrogens (tertiary/aromatic N) is 3. The summed E-state index contributed by atoms with van der Waals surface area (Å²) in [5, 5.41) is 5.83. The van der Waals surface area contributed by atoms with Crippen LogP contribution < -0.4 is 0 Å². The molecule has 0 spiro atoms. The zero-order valence-electron chi connectivity index (χ0n) is 26.6. The Morgan fingerprint density at radius 1 is 0.449 bits per heavy atom. The molecule has 0 aliphatic heterocycles. The van der Waals surface area contributed by atoms with E-state index in [9.17, 15) is 0 Å². The molecule has 49 heavy (non-hydrogen) atoms. The van der Waals surface area contributed by atoms with E-state index < -0.39 is 0 Å². The van der Waals surface area contributed by atoms with Gasteiger partial charge in [0.05, 0.1) is 22.2 Å². The summed E-state index contributed by atoms with van der Waals surface area (Å²) in [6.07, 6.45) is 6.95. The zero-order chi connectivity index (χ0) is 32.3. The molecule has 3 nitrogen and oxygen atoms in total. The Balaban J connectivity index is 1.06. The molecular formula is C46H29N3. The van der Waals surface area contributed by atoms with Crippen molar-refractivity contribution in [2.24, 2.45) is 0 Å². The number of aromatic nitrogens is 3. The van der Waals surface area contributed by atoms with Gasteiger partial charge < -0.3 is 0 Å². The van der Waals surface area contributed by atoms with Crippen molar-refractivity contribution in [3.63, 3.8) is 0 Å². The first kappa shape index (κ1) is 27.6.